The Morgan fingerprint density at radius 1 is 1.31 bits per heavy atom. The Morgan fingerprint density at radius 2 is 1.94 bits per heavy atom. The molecule has 1 amide bonds. The average Bonchev–Trinajstić information content (AvgIpc) is 2.50. The number of nitrogens with one attached hydrogen (secondary N) is 1. The van der Waals surface area contributed by atoms with Crippen molar-refractivity contribution in [3.05, 3.63) is 0 Å². The van der Waals surface area contributed by atoms with Gasteiger partial charge in [0, 0.05) is 12.0 Å². The molecular formula is C14H25NO. The standard InChI is InChI=1S/C14H25NO/c1-9(2)12(16)15-11-8-10-6-7-14(11,5)13(10,3)4/h9-11H,6-8H2,1-5H3,(H,15,16)/t10-,11-,14-/m0/s1. The van der Waals surface area contributed by atoms with Crippen LogP contribution in [0.2, 0.25) is 0 Å². The molecule has 0 heterocycles. The van der Waals surface area contributed by atoms with Crippen LogP contribution in [-0.2, 0) is 4.79 Å². The van der Waals surface area contributed by atoms with E-state index < -0.39 is 0 Å². The van der Waals surface area contributed by atoms with Crippen molar-refractivity contribution in [3.8, 4) is 0 Å². The molecule has 2 aliphatic rings. The molecule has 3 atom stereocenters. The molecule has 2 heteroatoms. The Kier molecular flexibility index (Phi) is 2.60. The fourth-order valence-corrected chi connectivity index (χ4v) is 3.76. The van der Waals surface area contributed by atoms with Crippen molar-refractivity contribution in [2.75, 3.05) is 0 Å². The second-order valence-electron chi connectivity index (χ2n) is 6.83. The van der Waals surface area contributed by atoms with E-state index in [1.54, 1.807) is 0 Å². The van der Waals surface area contributed by atoms with Crippen molar-refractivity contribution in [3.63, 3.8) is 0 Å². The lowest BCUT2D eigenvalue weighted by molar-refractivity contribution is -0.125. The van der Waals surface area contributed by atoms with Crippen molar-refractivity contribution >= 4 is 5.91 Å². The first-order valence-electron chi connectivity index (χ1n) is 6.59. The lowest BCUT2D eigenvalue weighted by atomic mass is 9.69. The maximum Gasteiger partial charge on any atom is 0.222 e. The first kappa shape index (κ1) is 11.9. The minimum Gasteiger partial charge on any atom is -0.353 e. The van der Waals surface area contributed by atoms with Gasteiger partial charge in [0.05, 0.1) is 0 Å². The number of carbonyl (C=O) groups excluding carboxylic acids is 1. The van der Waals surface area contributed by atoms with Gasteiger partial charge >= 0.3 is 0 Å². The molecular weight excluding hydrogens is 198 g/mol. The first-order chi connectivity index (χ1) is 7.29. The fraction of sp³-hybridized carbons (Fsp3) is 0.929. The highest BCUT2D eigenvalue weighted by molar-refractivity contribution is 5.78. The Bertz CT molecular complexity index is 308. The zero-order valence-electron chi connectivity index (χ0n) is 11.3. The van der Waals surface area contributed by atoms with E-state index in [0.717, 1.165) is 5.92 Å². The summed E-state index contributed by atoms with van der Waals surface area (Å²) in [5, 5.41) is 3.27. The van der Waals surface area contributed by atoms with Gasteiger partial charge in [0.25, 0.3) is 0 Å². The Hall–Kier alpha value is -0.530. The van der Waals surface area contributed by atoms with Gasteiger partial charge in [0.1, 0.15) is 0 Å². The summed E-state index contributed by atoms with van der Waals surface area (Å²) >= 11 is 0. The van der Waals surface area contributed by atoms with E-state index in [1.165, 1.54) is 19.3 Å². The van der Waals surface area contributed by atoms with Crippen LogP contribution in [0.25, 0.3) is 0 Å². The van der Waals surface area contributed by atoms with Crippen LogP contribution in [0.15, 0.2) is 0 Å². The van der Waals surface area contributed by atoms with Gasteiger partial charge in [0.2, 0.25) is 5.91 Å². The molecule has 0 spiro atoms. The van der Waals surface area contributed by atoms with E-state index >= 15 is 0 Å². The molecule has 0 aromatic rings. The predicted octanol–water partition coefficient (Wildman–Crippen LogP) is 2.97. The highest BCUT2D eigenvalue weighted by Gasteiger charge is 2.61. The van der Waals surface area contributed by atoms with Crippen LogP contribution in [0, 0.1) is 22.7 Å². The molecule has 2 nitrogen and oxygen atoms in total. The molecule has 0 aromatic heterocycles. The molecule has 0 aliphatic heterocycles. The molecule has 2 bridgehead atoms. The Labute approximate surface area is 99.2 Å². The smallest absolute Gasteiger partial charge is 0.222 e. The Balaban J connectivity index is 2.13. The number of amides is 1. The lowest BCUT2D eigenvalue weighted by Crippen LogP contribution is -2.48. The zero-order chi connectivity index (χ0) is 12.1. The SMILES string of the molecule is CC(C)C(=O)N[C@H]1C[C@@H]2CC[C@]1(C)C2(C)C. The first-order valence-corrected chi connectivity index (χ1v) is 6.59. The minimum atomic E-state index is 0.103. The molecule has 1 N–H and O–H groups in total. The second-order valence-corrected chi connectivity index (χ2v) is 6.83. The summed E-state index contributed by atoms with van der Waals surface area (Å²) in [4.78, 5) is 11.8. The number of rotatable bonds is 2. The van der Waals surface area contributed by atoms with Crippen LogP contribution in [0.3, 0.4) is 0 Å². The van der Waals surface area contributed by atoms with E-state index in [2.05, 4.69) is 26.1 Å². The summed E-state index contributed by atoms with van der Waals surface area (Å²) in [5.41, 5.74) is 0.699. The molecule has 0 aromatic carbocycles. The van der Waals surface area contributed by atoms with Gasteiger partial charge in [-0.1, -0.05) is 34.6 Å². The van der Waals surface area contributed by atoms with Crippen LogP contribution in [-0.4, -0.2) is 11.9 Å². The third kappa shape index (κ3) is 1.42. The average molecular weight is 223 g/mol. The zero-order valence-corrected chi connectivity index (χ0v) is 11.3. The third-order valence-corrected chi connectivity index (χ3v) is 5.63. The number of hydrogen-bond donors (Lipinski definition) is 1. The molecule has 0 unspecified atom stereocenters. The molecule has 0 saturated heterocycles. The molecule has 2 rings (SSSR count). The van der Waals surface area contributed by atoms with Gasteiger partial charge in [-0.15, -0.1) is 0 Å². The van der Waals surface area contributed by atoms with E-state index in [-0.39, 0.29) is 11.8 Å². The quantitative estimate of drug-likeness (QED) is 0.766. The summed E-state index contributed by atoms with van der Waals surface area (Å²) in [7, 11) is 0. The topological polar surface area (TPSA) is 29.1 Å². The maximum atomic E-state index is 11.8. The maximum absolute atomic E-state index is 11.8. The van der Waals surface area contributed by atoms with Crippen molar-refractivity contribution < 1.29 is 4.79 Å². The molecule has 2 fully saturated rings. The molecule has 2 saturated carbocycles. The van der Waals surface area contributed by atoms with Crippen molar-refractivity contribution in [1.82, 2.24) is 5.32 Å². The highest BCUT2D eigenvalue weighted by Crippen LogP contribution is 2.65. The summed E-state index contributed by atoms with van der Waals surface area (Å²) in [6.07, 6.45) is 3.80. The van der Waals surface area contributed by atoms with Gasteiger partial charge in [0.15, 0.2) is 0 Å². The summed E-state index contributed by atoms with van der Waals surface area (Å²) in [6.45, 7) is 11.1. The number of carbonyl (C=O) groups is 1. The summed E-state index contributed by atoms with van der Waals surface area (Å²) in [5.74, 6) is 1.12. The van der Waals surface area contributed by atoms with Crippen molar-refractivity contribution in [2.45, 2.75) is 59.9 Å². The van der Waals surface area contributed by atoms with Gasteiger partial charge in [-0.25, -0.2) is 0 Å². The minimum absolute atomic E-state index is 0.103. The predicted molar refractivity (Wildman–Crippen MR) is 66.0 cm³/mol. The van der Waals surface area contributed by atoms with Gasteiger partial charge in [-0.05, 0) is 36.0 Å². The van der Waals surface area contributed by atoms with Crippen LogP contribution in [0.4, 0.5) is 0 Å². The van der Waals surface area contributed by atoms with Crippen molar-refractivity contribution in [1.29, 1.82) is 0 Å². The second kappa shape index (κ2) is 3.48. The van der Waals surface area contributed by atoms with Crippen LogP contribution < -0.4 is 5.32 Å². The number of hydrogen-bond acceptors (Lipinski definition) is 1. The molecule has 0 radical (unpaired) electrons. The lowest BCUT2D eigenvalue weighted by Gasteiger charge is -2.39. The molecule has 16 heavy (non-hydrogen) atoms. The van der Waals surface area contributed by atoms with Crippen LogP contribution in [0.5, 0.6) is 0 Å². The van der Waals surface area contributed by atoms with Gasteiger partial charge < -0.3 is 5.32 Å². The van der Waals surface area contributed by atoms with Gasteiger partial charge in [-0.3, -0.25) is 4.79 Å². The largest absolute Gasteiger partial charge is 0.353 e. The van der Waals surface area contributed by atoms with Crippen LogP contribution in [0.1, 0.15) is 53.9 Å². The van der Waals surface area contributed by atoms with E-state index in [9.17, 15) is 4.79 Å². The fourth-order valence-electron chi connectivity index (χ4n) is 3.76. The summed E-state index contributed by atoms with van der Waals surface area (Å²) < 4.78 is 0. The highest BCUT2D eigenvalue weighted by atomic mass is 16.1. The monoisotopic (exact) mass is 223 g/mol. The third-order valence-electron chi connectivity index (χ3n) is 5.63. The molecule has 92 valence electrons. The van der Waals surface area contributed by atoms with E-state index in [4.69, 9.17) is 0 Å². The Morgan fingerprint density at radius 3 is 2.31 bits per heavy atom. The van der Waals surface area contributed by atoms with Crippen molar-refractivity contribution in [2.24, 2.45) is 22.7 Å². The normalized spacial score (nSPS) is 40.4. The van der Waals surface area contributed by atoms with E-state index in [1.807, 2.05) is 13.8 Å². The number of fused-ring (bicyclic) bond motifs is 2. The van der Waals surface area contributed by atoms with Gasteiger partial charge in [-0.2, -0.15) is 0 Å². The van der Waals surface area contributed by atoms with E-state index in [0.29, 0.717) is 16.9 Å². The van der Waals surface area contributed by atoms with Crippen LogP contribution >= 0.6 is 0 Å². The molecule has 2 aliphatic carbocycles. The summed E-state index contributed by atoms with van der Waals surface area (Å²) in [6, 6.07) is 0.399.